The molecule has 0 spiro atoms. The number of ether oxygens (including phenoxy) is 2. The lowest BCUT2D eigenvalue weighted by molar-refractivity contribution is -0.134. The van der Waals surface area contributed by atoms with Crippen LogP contribution in [-0.2, 0) is 27.9 Å². The zero-order chi connectivity index (χ0) is 45.1. The molecule has 4 fully saturated rings. The fourth-order valence-electron chi connectivity index (χ4n) is 11.0. The Bertz CT molecular complexity index is 2660. The number of amides is 3. The van der Waals surface area contributed by atoms with E-state index in [2.05, 4.69) is 47.2 Å². The SMILES string of the molecule is COC[C@H]1CN(c2ccc3nc4n(c3c2)C[C@@H]2CC[C@H](COc3c(c(C)nn3C)-c3cc(cc(Cl)n3)C(=O)N4)C2)CCN1C1CCN(c2cc(F)c([C@H]3CCC(=O)NC3=O)c(F)c2)CC1. The van der Waals surface area contributed by atoms with Crippen molar-refractivity contribution in [3.8, 4) is 17.1 Å². The summed E-state index contributed by atoms with van der Waals surface area (Å²) in [6.45, 7) is 7.25. The van der Waals surface area contributed by atoms with Crippen molar-refractivity contribution < 1.29 is 32.6 Å². The zero-order valence-corrected chi connectivity index (χ0v) is 37.5. The summed E-state index contributed by atoms with van der Waals surface area (Å²) in [6.07, 6.45) is 4.77. The molecule has 65 heavy (non-hydrogen) atoms. The zero-order valence-electron chi connectivity index (χ0n) is 36.8. The third-order valence-corrected chi connectivity index (χ3v) is 14.4. The number of carbonyl (C=O) groups excluding carboxylic acids is 3. The van der Waals surface area contributed by atoms with Crippen molar-refractivity contribution in [2.24, 2.45) is 18.9 Å². The number of halogens is 3. The summed E-state index contributed by atoms with van der Waals surface area (Å²) < 4.78 is 47.0. The molecule has 5 aromatic rings. The summed E-state index contributed by atoms with van der Waals surface area (Å²) in [6, 6.07) is 12.6. The monoisotopic (exact) mass is 910 g/mol. The Hall–Kier alpha value is -5.65. The minimum atomic E-state index is -1.03. The van der Waals surface area contributed by atoms with Gasteiger partial charge in [-0.05, 0) is 99.7 Å². The van der Waals surface area contributed by atoms with E-state index >= 15 is 8.78 Å². The number of piperazine rings is 1. The molecule has 2 aromatic carbocycles. The highest BCUT2D eigenvalue weighted by molar-refractivity contribution is 6.30. The predicted molar refractivity (Wildman–Crippen MR) is 241 cm³/mol. The number of anilines is 3. The average molecular weight is 911 g/mol. The van der Waals surface area contributed by atoms with Crippen molar-refractivity contribution in [2.75, 3.05) is 68.2 Å². The van der Waals surface area contributed by atoms with Crippen LogP contribution in [0.25, 0.3) is 22.3 Å². The number of methoxy groups -OCH3 is 1. The van der Waals surface area contributed by atoms with Gasteiger partial charge in [-0.3, -0.25) is 29.9 Å². The lowest BCUT2D eigenvalue weighted by Crippen LogP contribution is -2.60. The Labute approximate surface area is 380 Å². The van der Waals surface area contributed by atoms with Crippen LogP contribution in [-0.4, -0.2) is 112 Å². The maximum Gasteiger partial charge on any atom is 0.258 e. The van der Waals surface area contributed by atoms with Gasteiger partial charge < -0.3 is 23.8 Å². The first kappa shape index (κ1) is 43.3. The van der Waals surface area contributed by atoms with Crippen LogP contribution in [0.1, 0.15) is 72.5 Å². The number of rotatable bonds is 6. The Morgan fingerprint density at radius 1 is 0.877 bits per heavy atom. The number of carbonyl (C=O) groups is 3. The van der Waals surface area contributed by atoms with Crippen LogP contribution < -0.4 is 25.2 Å². The van der Waals surface area contributed by atoms with Gasteiger partial charge in [0.15, 0.2) is 0 Å². The molecule has 18 heteroatoms. The molecular formula is C47H53ClF2N10O5. The van der Waals surface area contributed by atoms with Crippen molar-refractivity contribution in [2.45, 2.75) is 76.4 Å². The highest BCUT2D eigenvalue weighted by Crippen LogP contribution is 2.39. The number of nitrogens with one attached hydrogen (secondary N) is 2. The fourth-order valence-corrected chi connectivity index (χ4v) is 11.2. The molecule has 15 nitrogen and oxygen atoms in total. The smallest absolute Gasteiger partial charge is 0.258 e. The average Bonchev–Trinajstić information content (AvgIpc) is 3.96. The number of pyridine rings is 1. The van der Waals surface area contributed by atoms with E-state index in [0.29, 0.717) is 73.5 Å². The lowest BCUT2D eigenvalue weighted by Gasteiger charge is -2.48. The molecular weight excluding hydrogens is 858 g/mol. The number of imidazole rings is 1. The molecule has 4 bridgehead atoms. The quantitative estimate of drug-likeness (QED) is 0.143. The second-order valence-corrected chi connectivity index (χ2v) is 18.7. The van der Waals surface area contributed by atoms with E-state index in [-0.39, 0.29) is 41.5 Å². The van der Waals surface area contributed by atoms with Crippen LogP contribution in [0.5, 0.6) is 5.88 Å². The minimum absolute atomic E-state index is 0.0452. The number of imide groups is 1. The number of nitrogens with zero attached hydrogens (tertiary/aromatic N) is 8. The van der Waals surface area contributed by atoms with Gasteiger partial charge in [0.05, 0.1) is 53.2 Å². The van der Waals surface area contributed by atoms with Crippen LogP contribution in [0.2, 0.25) is 5.15 Å². The van der Waals surface area contributed by atoms with Crippen molar-refractivity contribution in [3.63, 3.8) is 0 Å². The van der Waals surface area contributed by atoms with E-state index in [0.717, 1.165) is 79.7 Å². The van der Waals surface area contributed by atoms with Gasteiger partial charge in [-0.15, -0.1) is 0 Å². The largest absolute Gasteiger partial charge is 0.477 e. The molecule has 3 aromatic heterocycles. The van der Waals surface area contributed by atoms with Gasteiger partial charge in [-0.2, -0.15) is 5.10 Å². The second-order valence-electron chi connectivity index (χ2n) is 18.3. The van der Waals surface area contributed by atoms with E-state index in [9.17, 15) is 14.4 Å². The predicted octanol–water partition coefficient (Wildman–Crippen LogP) is 6.46. The molecule has 4 atom stereocenters. The molecule has 1 aliphatic carbocycles. The molecule has 4 aliphatic heterocycles. The highest BCUT2D eigenvalue weighted by Gasteiger charge is 2.37. The Kier molecular flexibility index (Phi) is 11.7. The van der Waals surface area contributed by atoms with E-state index in [1.54, 1.807) is 23.9 Å². The Morgan fingerprint density at radius 3 is 2.43 bits per heavy atom. The van der Waals surface area contributed by atoms with Crippen LogP contribution in [0.3, 0.4) is 0 Å². The van der Waals surface area contributed by atoms with Crippen LogP contribution >= 0.6 is 11.6 Å². The number of aromatic nitrogens is 5. The normalized spacial score (nSPS) is 23.4. The summed E-state index contributed by atoms with van der Waals surface area (Å²) in [4.78, 5) is 54.6. The van der Waals surface area contributed by atoms with Crippen molar-refractivity contribution >= 4 is 57.7 Å². The van der Waals surface area contributed by atoms with E-state index < -0.39 is 29.4 Å². The molecule has 10 rings (SSSR count). The Balaban J connectivity index is 0.863. The molecule has 2 N–H and O–H groups in total. The molecule has 0 radical (unpaired) electrons. The number of piperidine rings is 2. The Morgan fingerprint density at radius 2 is 1.66 bits per heavy atom. The van der Waals surface area contributed by atoms with Gasteiger partial charge in [-0.25, -0.2) is 23.4 Å². The lowest BCUT2D eigenvalue weighted by atomic mass is 9.89. The molecule has 1 saturated carbocycles. The fraction of sp³-hybridized carbons (Fsp3) is 0.489. The van der Waals surface area contributed by atoms with Gasteiger partial charge in [-0.1, -0.05) is 11.6 Å². The molecule has 342 valence electrons. The number of hydrogen-bond acceptors (Lipinski definition) is 11. The molecule has 0 unspecified atom stereocenters. The number of fused-ring (bicyclic) bond motifs is 9. The van der Waals surface area contributed by atoms with Crippen LogP contribution in [0, 0.1) is 30.4 Å². The summed E-state index contributed by atoms with van der Waals surface area (Å²) in [5, 5.41) is 10.1. The molecule has 3 saturated heterocycles. The summed E-state index contributed by atoms with van der Waals surface area (Å²) in [7, 11) is 3.58. The van der Waals surface area contributed by atoms with Crippen molar-refractivity contribution in [3.05, 3.63) is 76.1 Å². The second kappa shape index (κ2) is 17.6. The molecule has 7 heterocycles. The van der Waals surface area contributed by atoms with Gasteiger partial charge in [0.25, 0.3) is 5.91 Å². The van der Waals surface area contributed by atoms with E-state index in [4.69, 9.17) is 26.1 Å². The van der Waals surface area contributed by atoms with Gasteiger partial charge in [0, 0.05) is 88.4 Å². The first-order chi connectivity index (χ1) is 31.4. The van der Waals surface area contributed by atoms with Gasteiger partial charge >= 0.3 is 0 Å². The maximum atomic E-state index is 15.4. The standard InChI is InChI=1S/C47H53ClF2N10O5/c1-26-42-38-17-29(18-40(48)51-38)44(62)54-47-52-37-8-6-31(21-39(37)60(47)22-27-4-5-28(16-27)24-65-46(42)56(2)55-26)58-14-15-59(33(23-58)25-64-3)30-10-12-57(13-11-30)32-19-35(49)43(36(50)20-32)34-7-9-41(61)53-45(34)63/h6,8,17-21,27-28,30,33-34H,4-5,7,9-16,22-25H2,1-3H3,(H,52,54,62)(H,53,61,63)/t27-,28+,33-,34-/m1/s1. The van der Waals surface area contributed by atoms with Gasteiger partial charge in [0.2, 0.25) is 23.6 Å². The third-order valence-electron chi connectivity index (χ3n) is 14.2. The maximum absolute atomic E-state index is 15.4. The van der Waals surface area contributed by atoms with E-state index in [1.165, 1.54) is 12.1 Å². The summed E-state index contributed by atoms with van der Waals surface area (Å²) in [5.74, 6) is -2.21. The van der Waals surface area contributed by atoms with Crippen LogP contribution in [0.15, 0.2) is 42.5 Å². The summed E-state index contributed by atoms with van der Waals surface area (Å²) in [5.41, 5.74) is 5.28. The molecule has 3 amide bonds. The number of aryl methyl sites for hydroxylation is 2. The number of hydrogen-bond donors (Lipinski definition) is 2. The molecule has 5 aliphatic rings. The van der Waals surface area contributed by atoms with Crippen molar-refractivity contribution in [1.82, 2.24) is 34.5 Å². The highest BCUT2D eigenvalue weighted by atomic mass is 35.5. The minimum Gasteiger partial charge on any atom is -0.477 e. The topological polar surface area (TPSA) is 152 Å². The van der Waals surface area contributed by atoms with Crippen molar-refractivity contribution in [1.29, 1.82) is 0 Å². The van der Waals surface area contributed by atoms with E-state index in [1.807, 2.05) is 24.9 Å². The van der Waals surface area contributed by atoms with Crippen LogP contribution in [0.4, 0.5) is 26.1 Å². The first-order valence-electron chi connectivity index (χ1n) is 22.6. The first-order valence-corrected chi connectivity index (χ1v) is 23.0. The number of benzene rings is 2. The third kappa shape index (κ3) is 8.42. The summed E-state index contributed by atoms with van der Waals surface area (Å²) >= 11 is 6.55. The van der Waals surface area contributed by atoms with Gasteiger partial charge in [0.1, 0.15) is 16.8 Å².